The normalized spacial score (nSPS) is 15.2. The molecule has 0 bridgehead atoms. The average Bonchev–Trinajstić information content (AvgIpc) is 2.78. The van der Waals surface area contributed by atoms with Crippen LogP contribution in [0, 0.1) is 6.92 Å². The Balaban J connectivity index is 1.48. The molecule has 0 unspecified atom stereocenters. The monoisotopic (exact) mass is 483 g/mol. The van der Waals surface area contributed by atoms with Gasteiger partial charge in [-0.15, -0.1) is 0 Å². The van der Waals surface area contributed by atoms with Gasteiger partial charge in [0.2, 0.25) is 10.0 Å². The molecule has 1 heterocycles. The number of piperidine rings is 1. The molecule has 1 fully saturated rings. The maximum atomic E-state index is 12.9. The van der Waals surface area contributed by atoms with Crippen LogP contribution in [-0.2, 0) is 32.4 Å². The Bertz CT molecular complexity index is 1120. The molecule has 0 aromatic heterocycles. The lowest BCUT2D eigenvalue weighted by Gasteiger charge is -2.26. The third kappa shape index (κ3) is 6.78. The van der Waals surface area contributed by atoms with Gasteiger partial charge in [-0.25, -0.2) is 8.42 Å². The number of aryl methyl sites for hydroxylation is 1. The van der Waals surface area contributed by atoms with E-state index < -0.39 is 26.7 Å². The molecule has 11 heteroatoms. The predicted octanol–water partition coefficient (Wildman–Crippen LogP) is 3.49. The van der Waals surface area contributed by atoms with Crippen LogP contribution in [0.2, 0.25) is 0 Å². The highest BCUT2D eigenvalue weighted by Crippen LogP contribution is 2.31. The first-order valence-electron chi connectivity index (χ1n) is 10.2. The summed E-state index contributed by atoms with van der Waals surface area (Å²) in [6.45, 7) is 2.16. The topological polar surface area (TPSA) is 88.1 Å². The van der Waals surface area contributed by atoms with E-state index in [1.165, 1.54) is 0 Å². The Kier molecular flexibility index (Phi) is 7.75. The zero-order valence-electron chi connectivity index (χ0n) is 17.9. The lowest BCUT2D eigenvalue weighted by Crippen LogP contribution is -2.38. The number of nitrogens with zero attached hydrogens (tertiary/aromatic N) is 2. The van der Waals surface area contributed by atoms with Gasteiger partial charge in [-0.2, -0.15) is 17.5 Å². The van der Waals surface area contributed by atoms with Gasteiger partial charge in [-0.05, 0) is 30.7 Å². The second-order valence-electron chi connectivity index (χ2n) is 7.63. The van der Waals surface area contributed by atoms with E-state index >= 15 is 0 Å². The van der Waals surface area contributed by atoms with E-state index in [-0.39, 0.29) is 38.4 Å². The molecule has 1 N–H and O–H groups in total. The van der Waals surface area contributed by atoms with Gasteiger partial charge in [0.1, 0.15) is 0 Å². The van der Waals surface area contributed by atoms with E-state index in [0.717, 1.165) is 33.6 Å². The third-order valence-electron chi connectivity index (χ3n) is 5.06. The van der Waals surface area contributed by atoms with Crippen molar-refractivity contribution in [2.75, 3.05) is 19.7 Å². The van der Waals surface area contributed by atoms with Gasteiger partial charge in [-0.3, -0.25) is 4.79 Å². The molecule has 3 rings (SSSR count). The highest BCUT2D eigenvalue weighted by atomic mass is 32.2. The lowest BCUT2D eigenvalue weighted by atomic mass is 10.1. The molecule has 1 amide bonds. The largest absolute Gasteiger partial charge is 0.416 e. The number of rotatable bonds is 7. The Morgan fingerprint density at radius 2 is 1.82 bits per heavy atom. The quantitative estimate of drug-likeness (QED) is 0.611. The number of hydrogen-bond acceptors (Lipinski definition) is 5. The van der Waals surface area contributed by atoms with Gasteiger partial charge in [0.05, 0.1) is 16.2 Å². The van der Waals surface area contributed by atoms with Crippen molar-refractivity contribution in [3.05, 3.63) is 65.2 Å². The summed E-state index contributed by atoms with van der Waals surface area (Å²) in [5.74, 6) is -0.342. The molecule has 7 nitrogen and oxygen atoms in total. The smallest absolute Gasteiger partial charge is 0.386 e. The van der Waals surface area contributed by atoms with Crippen LogP contribution < -0.4 is 5.32 Å². The zero-order valence-corrected chi connectivity index (χ0v) is 18.7. The third-order valence-corrected chi connectivity index (χ3v) is 6.95. The maximum Gasteiger partial charge on any atom is 0.416 e. The van der Waals surface area contributed by atoms with Gasteiger partial charge in [0.25, 0.3) is 5.91 Å². The van der Waals surface area contributed by atoms with E-state index in [0.29, 0.717) is 18.3 Å². The molecule has 1 aliphatic rings. The summed E-state index contributed by atoms with van der Waals surface area (Å²) in [5.41, 5.74) is 1.61. The summed E-state index contributed by atoms with van der Waals surface area (Å²) >= 11 is 0. The van der Waals surface area contributed by atoms with Crippen LogP contribution in [0.3, 0.4) is 0 Å². The molecular formula is C22H24F3N3O4S. The zero-order chi connectivity index (χ0) is 24.1. The first kappa shape index (κ1) is 24.7. The van der Waals surface area contributed by atoms with E-state index in [1.807, 2.05) is 31.2 Å². The Hall–Kier alpha value is -2.92. The number of carbonyl (C=O) groups is 1. The SMILES string of the molecule is Cc1cccc(CNC(=O)CON=C2CCN(S(=O)(=O)c3cccc(C(F)(F)F)c3)CC2)c1. The van der Waals surface area contributed by atoms with Crippen molar-refractivity contribution in [2.24, 2.45) is 5.16 Å². The van der Waals surface area contributed by atoms with Gasteiger partial charge < -0.3 is 10.2 Å². The Labute approximate surface area is 190 Å². The minimum atomic E-state index is -4.63. The maximum absolute atomic E-state index is 12.9. The molecule has 1 saturated heterocycles. The molecule has 0 atom stereocenters. The van der Waals surface area contributed by atoms with Crippen LogP contribution in [0.15, 0.2) is 58.6 Å². The molecule has 2 aromatic carbocycles. The second-order valence-corrected chi connectivity index (χ2v) is 9.56. The highest BCUT2D eigenvalue weighted by Gasteiger charge is 2.33. The average molecular weight is 484 g/mol. The lowest BCUT2D eigenvalue weighted by molar-refractivity contribution is -0.137. The fraction of sp³-hybridized carbons (Fsp3) is 0.364. The summed E-state index contributed by atoms with van der Waals surface area (Å²) in [6.07, 6.45) is -4.12. The van der Waals surface area contributed by atoms with Gasteiger partial charge in [-0.1, -0.05) is 41.1 Å². The molecule has 1 aliphatic heterocycles. The van der Waals surface area contributed by atoms with Crippen LogP contribution in [0.4, 0.5) is 13.2 Å². The van der Waals surface area contributed by atoms with Crippen LogP contribution in [-0.4, -0.2) is 44.0 Å². The van der Waals surface area contributed by atoms with E-state index in [4.69, 9.17) is 4.84 Å². The predicted molar refractivity (Wildman–Crippen MR) is 116 cm³/mol. The first-order valence-corrected chi connectivity index (χ1v) is 11.7. The molecule has 2 aromatic rings. The van der Waals surface area contributed by atoms with Gasteiger partial charge in [0.15, 0.2) is 6.61 Å². The molecule has 178 valence electrons. The van der Waals surface area contributed by atoms with Gasteiger partial charge >= 0.3 is 6.18 Å². The number of carbonyl (C=O) groups excluding carboxylic acids is 1. The summed E-state index contributed by atoms with van der Waals surface area (Å²) in [4.78, 5) is 16.6. The molecule has 0 saturated carbocycles. The van der Waals surface area contributed by atoms with Crippen LogP contribution >= 0.6 is 0 Å². The standard InChI is InChI=1S/C22H24F3N3O4S/c1-16-4-2-5-17(12-16)14-26-21(29)15-32-27-19-8-10-28(11-9-19)33(30,31)20-7-3-6-18(13-20)22(23,24)25/h2-7,12-13H,8-11,14-15H2,1H3,(H,26,29). The number of halogens is 3. The summed E-state index contributed by atoms with van der Waals surface area (Å²) in [5, 5.41) is 6.64. The van der Waals surface area contributed by atoms with Crippen molar-refractivity contribution < 1.29 is 31.2 Å². The van der Waals surface area contributed by atoms with Crippen molar-refractivity contribution in [3.8, 4) is 0 Å². The van der Waals surface area contributed by atoms with Crippen LogP contribution in [0.5, 0.6) is 0 Å². The number of benzene rings is 2. The van der Waals surface area contributed by atoms with Crippen molar-refractivity contribution in [1.82, 2.24) is 9.62 Å². The molecule has 33 heavy (non-hydrogen) atoms. The number of amides is 1. The number of sulfonamides is 1. The molecular weight excluding hydrogens is 459 g/mol. The summed E-state index contributed by atoms with van der Waals surface area (Å²) < 4.78 is 65.3. The number of nitrogens with one attached hydrogen (secondary N) is 1. The minimum absolute atomic E-state index is 0.0559. The second kappa shape index (κ2) is 10.3. The van der Waals surface area contributed by atoms with Crippen LogP contribution in [0.25, 0.3) is 0 Å². The van der Waals surface area contributed by atoms with E-state index in [2.05, 4.69) is 10.5 Å². The molecule has 0 aliphatic carbocycles. The summed E-state index contributed by atoms with van der Waals surface area (Å²) in [6, 6.07) is 11.4. The van der Waals surface area contributed by atoms with Crippen LogP contribution in [0.1, 0.15) is 29.5 Å². The number of oxime groups is 1. The molecule has 0 radical (unpaired) electrons. The van der Waals surface area contributed by atoms with E-state index in [9.17, 15) is 26.4 Å². The van der Waals surface area contributed by atoms with Crippen molar-refractivity contribution in [1.29, 1.82) is 0 Å². The fourth-order valence-electron chi connectivity index (χ4n) is 3.31. The van der Waals surface area contributed by atoms with E-state index in [1.54, 1.807) is 0 Å². The minimum Gasteiger partial charge on any atom is -0.386 e. The Morgan fingerprint density at radius 1 is 1.12 bits per heavy atom. The molecule has 0 spiro atoms. The van der Waals surface area contributed by atoms with Crippen molar-refractivity contribution >= 4 is 21.6 Å². The number of alkyl halides is 3. The summed E-state index contributed by atoms with van der Waals surface area (Å²) in [7, 11) is -4.07. The highest BCUT2D eigenvalue weighted by molar-refractivity contribution is 7.89. The Morgan fingerprint density at radius 3 is 2.48 bits per heavy atom. The first-order chi connectivity index (χ1) is 15.6. The fourth-order valence-corrected chi connectivity index (χ4v) is 4.80. The van der Waals surface area contributed by atoms with Gasteiger partial charge in [0, 0.05) is 32.5 Å². The van der Waals surface area contributed by atoms with Crippen molar-refractivity contribution in [3.63, 3.8) is 0 Å². The number of hydrogen-bond donors (Lipinski definition) is 1. The van der Waals surface area contributed by atoms with Crippen molar-refractivity contribution in [2.45, 2.75) is 37.4 Å².